The fourth-order valence-corrected chi connectivity index (χ4v) is 3.65. The van der Waals surface area contributed by atoms with Crippen LogP contribution in [0.25, 0.3) is 11.0 Å². The Labute approximate surface area is 195 Å². The first-order valence-electron chi connectivity index (χ1n) is 9.60. The van der Waals surface area contributed by atoms with E-state index in [-0.39, 0.29) is 41.7 Å². The van der Waals surface area contributed by atoms with Crippen LogP contribution >= 0.6 is 0 Å². The van der Waals surface area contributed by atoms with E-state index in [2.05, 4.69) is 31.8 Å². The van der Waals surface area contributed by atoms with Crippen molar-refractivity contribution in [1.82, 2.24) is 20.3 Å². The minimum Gasteiger partial charge on any atom is -0.369 e. The van der Waals surface area contributed by atoms with Crippen LogP contribution in [0.15, 0.2) is 24.3 Å². The Morgan fingerprint density at radius 2 is 2.00 bits per heavy atom. The molecule has 4 rings (SSSR count). The summed E-state index contributed by atoms with van der Waals surface area (Å²) in [7, 11) is 0. The van der Waals surface area contributed by atoms with Gasteiger partial charge in [-0.05, 0) is 44.2 Å². The molecule has 0 spiro atoms. The van der Waals surface area contributed by atoms with Gasteiger partial charge in [-0.15, -0.1) is 5.56 Å². The van der Waals surface area contributed by atoms with E-state index in [4.69, 9.17) is 0 Å². The summed E-state index contributed by atoms with van der Waals surface area (Å²) in [5.41, 5.74) is 1.05. The predicted molar refractivity (Wildman–Crippen MR) is 104 cm³/mol. The third-order valence-electron chi connectivity index (χ3n) is 5.20. The zero-order valence-corrected chi connectivity index (χ0v) is 19.0. The van der Waals surface area contributed by atoms with Crippen LogP contribution in [0.1, 0.15) is 47.7 Å². The average molecular weight is 423 g/mol. The zero-order chi connectivity index (χ0) is 20.4. The summed E-state index contributed by atoms with van der Waals surface area (Å²) < 4.78 is 40.3. The number of benzene rings is 1. The number of rotatable bonds is 5. The summed E-state index contributed by atoms with van der Waals surface area (Å²) in [6.07, 6.45) is 2.25. The van der Waals surface area contributed by atoms with E-state index in [1.807, 2.05) is 6.07 Å². The molecule has 30 heavy (non-hydrogen) atoms. The van der Waals surface area contributed by atoms with Gasteiger partial charge >= 0.3 is 29.6 Å². The molecule has 1 aromatic carbocycles. The number of fused-ring (bicyclic) bond motifs is 1. The first-order valence-corrected chi connectivity index (χ1v) is 9.60. The molecule has 1 fully saturated rings. The monoisotopic (exact) mass is 423 g/mol. The number of hydrogen-bond donors (Lipinski definition) is 2. The molecule has 0 radical (unpaired) electrons. The molecule has 1 aliphatic heterocycles. The van der Waals surface area contributed by atoms with Gasteiger partial charge in [0.15, 0.2) is 0 Å². The molecule has 1 saturated heterocycles. The van der Waals surface area contributed by atoms with Gasteiger partial charge < -0.3 is 15.6 Å². The van der Waals surface area contributed by atoms with Crippen molar-refractivity contribution in [2.45, 2.75) is 38.7 Å². The number of pyridine rings is 1. The van der Waals surface area contributed by atoms with Crippen LogP contribution < -0.4 is 40.2 Å². The summed E-state index contributed by atoms with van der Waals surface area (Å²) in [4.78, 5) is 13.2. The maximum absolute atomic E-state index is 14.4. The summed E-state index contributed by atoms with van der Waals surface area (Å²) in [6.45, 7) is 3.67. The Hall–Kier alpha value is -1.74. The van der Waals surface area contributed by atoms with Gasteiger partial charge in [-0.2, -0.15) is 6.07 Å². The second-order valence-electron chi connectivity index (χ2n) is 7.18. The first kappa shape index (κ1) is 22.9. The van der Waals surface area contributed by atoms with Gasteiger partial charge in [0.1, 0.15) is 17.5 Å². The van der Waals surface area contributed by atoms with Gasteiger partial charge in [0.25, 0.3) is 6.43 Å². The number of anilines is 1. The second kappa shape index (κ2) is 10.0. The maximum Gasteiger partial charge on any atom is 1.00 e. The van der Waals surface area contributed by atoms with Crippen molar-refractivity contribution in [3.63, 3.8) is 0 Å². The fraction of sp³-hybridized carbons (Fsp3) is 0.381. The van der Waals surface area contributed by atoms with Gasteiger partial charge in [0, 0.05) is 12.1 Å². The molecule has 3 aromatic rings. The number of piperidine rings is 1. The SMILES string of the molecule is Cc1nc(NCc2cccc(C(F)F)c2F)c2cc(C3CCNCC3)[c-]nc2n1.[Na+]. The average Bonchev–Trinajstić information content (AvgIpc) is 2.73. The van der Waals surface area contributed by atoms with E-state index in [9.17, 15) is 13.2 Å². The molecule has 0 aliphatic carbocycles. The number of hydrogen-bond acceptors (Lipinski definition) is 5. The molecule has 5 nitrogen and oxygen atoms in total. The normalized spacial score (nSPS) is 14.7. The predicted octanol–water partition coefficient (Wildman–Crippen LogP) is 1.29. The van der Waals surface area contributed by atoms with Crippen molar-refractivity contribution in [3.05, 3.63) is 58.8 Å². The van der Waals surface area contributed by atoms with Crippen LogP contribution in [-0.2, 0) is 6.54 Å². The molecule has 3 heterocycles. The smallest absolute Gasteiger partial charge is 0.369 e. The van der Waals surface area contributed by atoms with E-state index in [1.54, 1.807) is 6.92 Å². The molecule has 0 atom stereocenters. The Balaban J connectivity index is 0.00000256. The van der Waals surface area contributed by atoms with E-state index >= 15 is 0 Å². The zero-order valence-electron chi connectivity index (χ0n) is 17.0. The molecular weight excluding hydrogens is 402 g/mol. The first-order chi connectivity index (χ1) is 14.0. The minimum absolute atomic E-state index is 0. The number of alkyl halides is 2. The van der Waals surface area contributed by atoms with Crippen LogP contribution in [0.2, 0.25) is 0 Å². The number of aromatic nitrogens is 3. The standard InChI is InChI=1S/C21H21F3N5.Na/c1-12-28-20(26-10-14-3-2-4-16(18(14)22)19(23)24)17-9-15(11-27-21(17)29-12)13-5-7-25-8-6-13;/h2-4,9,13,19,25H,5-8,10H2,1H3,(H,26,27,28,29);/q-1;+1. The molecule has 0 amide bonds. The molecular formula is C21H21F3N5Na. The van der Waals surface area contributed by atoms with Crippen LogP contribution in [0, 0.1) is 18.9 Å². The summed E-state index contributed by atoms with van der Waals surface area (Å²) in [5, 5.41) is 7.13. The van der Waals surface area contributed by atoms with Crippen molar-refractivity contribution >= 4 is 16.9 Å². The maximum atomic E-state index is 14.4. The number of aryl methyl sites for hydroxylation is 1. The Bertz CT molecular complexity index is 1020. The van der Waals surface area contributed by atoms with Crippen LogP contribution in [0.3, 0.4) is 0 Å². The molecule has 0 bridgehead atoms. The molecule has 2 aromatic heterocycles. The van der Waals surface area contributed by atoms with Crippen molar-refractivity contribution in [2.24, 2.45) is 0 Å². The van der Waals surface area contributed by atoms with Crippen molar-refractivity contribution in [2.75, 3.05) is 18.4 Å². The van der Waals surface area contributed by atoms with E-state index in [0.29, 0.717) is 28.6 Å². The van der Waals surface area contributed by atoms with Crippen LogP contribution in [0.5, 0.6) is 0 Å². The van der Waals surface area contributed by atoms with Crippen LogP contribution in [-0.4, -0.2) is 28.0 Å². The molecule has 1 aliphatic rings. The topological polar surface area (TPSA) is 62.7 Å². The summed E-state index contributed by atoms with van der Waals surface area (Å²) >= 11 is 0. The number of nitrogens with one attached hydrogen (secondary N) is 2. The quantitative estimate of drug-likeness (QED) is 0.479. The van der Waals surface area contributed by atoms with Crippen molar-refractivity contribution < 1.29 is 42.7 Å². The van der Waals surface area contributed by atoms with E-state index in [1.165, 1.54) is 12.1 Å². The number of nitrogens with zero attached hydrogens (tertiary/aromatic N) is 3. The van der Waals surface area contributed by atoms with Crippen LogP contribution in [0.4, 0.5) is 19.0 Å². The van der Waals surface area contributed by atoms with Gasteiger partial charge in [-0.25, -0.2) is 18.2 Å². The molecule has 152 valence electrons. The van der Waals surface area contributed by atoms with Crippen molar-refractivity contribution in [3.8, 4) is 0 Å². The van der Waals surface area contributed by atoms with Crippen molar-refractivity contribution in [1.29, 1.82) is 0 Å². The summed E-state index contributed by atoms with van der Waals surface area (Å²) in [5.74, 6) is 0.484. The minimum atomic E-state index is -2.86. The molecule has 0 unspecified atom stereocenters. The Kier molecular flexibility index (Phi) is 7.68. The van der Waals surface area contributed by atoms with Gasteiger partial charge in [0.2, 0.25) is 0 Å². The Morgan fingerprint density at radius 3 is 2.73 bits per heavy atom. The molecule has 0 saturated carbocycles. The van der Waals surface area contributed by atoms with Gasteiger partial charge in [-0.1, -0.05) is 24.4 Å². The second-order valence-corrected chi connectivity index (χ2v) is 7.18. The molecule has 2 N–H and O–H groups in total. The van der Waals surface area contributed by atoms with E-state index < -0.39 is 17.8 Å². The summed E-state index contributed by atoms with van der Waals surface area (Å²) in [6, 6.07) is 5.98. The Morgan fingerprint density at radius 1 is 1.23 bits per heavy atom. The molecule has 9 heteroatoms. The largest absolute Gasteiger partial charge is 1.00 e. The van der Waals surface area contributed by atoms with E-state index in [0.717, 1.165) is 37.6 Å². The third kappa shape index (κ3) is 4.94. The third-order valence-corrected chi connectivity index (χ3v) is 5.20. The fourth-order valence-electron chi connectivity index (χ4n) is 3.65. The number of halogens is 3. The van der Waals surface area contributed by atoms with Gasteiger partial charge in [0.05, 0.1) is 11.2 Å². The van der Waals surface area contributed by atoms with Gasteiger partial charge in [-0.3, -0.25) is 4.98 Å².